The summed E-state index contributed by atoms with van der Waals surface area (Å²) in [4.78, 5) is 13.6. The molecule has 1 saturated heterocycles. The number of alkyl halides is 3. The van der Waals surface area contributed by atoms with E-state index in [-0.39, 0.29) is 5.92 Å². The van der Waals surface area contributed by atoms with Crippen LogP contribution >= 0.6 is 0 Å². The monoisotopic (exact) mass is 372 g/mol. The first kappa shape index (κ1) is 17.7. The SMILES string of the molecule is FC(F)(F)CN1CC[C@H](c2ncc(-c3ccc(-c4ccccc4)nc3)[nH]2)C1. The Balaban J connectivity index is 1.45. The van der Waals surface area contributed by atoms with Gasteiger partial charge in [-0.15, -0.1) is 0 Å². The molecule has 2 aromatic heterocycles. The summed E-state index contributed by atoms with van der Waals surface area (Å²) in [6.45, 7) is -0.0485. The van der Waals surface area contributed by atoms with Gasteiger partial charge in [0, 0.05) is 29.8 Å². The fraction of sp³-hybridized carbons (Fsp3) is 0.300. The summed E-state index contributed by atoms with van der Waals surface area (Å²) in [6.07, 6.45) is 0.0226. The van der Waals surface area contributed by atoms with Crippen molar-refractivity contribution in [1.29, 1.82) is 0 Å². The standard InChI is InChI=1S/C20H19F3N4/c21-20(22,23)13-27-9-8-16(12-27)19-25-11-18(26-19)15-6-7-17(24-10-15)14-4-2-1-3-5-14/h1-7,10-11,16H,8-9,12-13H2,(H,25,26)/t16-/m0/s1. The van der Waals surface area contributed by atoms with Crippen LogP contribution < -0.4 is 0 Å². The molecule has 4 nitrogen and oxygen atoms in total. The summed E-state index contributed by atoms with van der Waals surface area (Å²) in [6, 6.07) is 13.8. The Labute approximate surface area is 155 Å². The largest absolute Gasteiger partial charge is 0.401 e. The number of likely N-dealkylation sites (tertiary alicyclic amines) is 1. The van der Waals surface area contributed by atoms with Crippen molar-refractivity contribution < 1.29 is 13.2 Å². The Bertz CT molecular complexity index is 888. The van der Waals surface area contributed by atoms with E-state index in [9.17, 15) is 13.2 Å². The lowest BCUT2D eigenvalue weighted by Gasteiger charge is -2.17. The van der Waals surface area contributed by atoms with Gasteiger partial charge in [-0.3, -0.25) is 9.88 Å². The molecule has 1 aliphatic rings. The van der Waals surface area contributed by atoms with Crippen molar-refractivity contribution in [3.63, 3.8) is 0 Å². The minimum Gasteiger partial charge on any atom is -0.342 e. The lowest BCUT2D eigenvalue weighted by Crippen LogP contribution is -2.32. The second-order valence-electron chi connectivity index (χ2n) is 6.82. The van der Waals surface area contributed by atoms with Crippen LogP contribution in [-0.4, -0.2) is 45.7 Å². The number of benzene rings is 1. The fourth-order valence-electron chi connectivity index (χ4n) is 3.48. The van der Waals surface area contributed by atoms with Crippen molar-refractivity contribution in [3.05, 3.63) is 60.7 Å². The van der Waals surface area contributed by atoms with Crippen LogP contribution in [0, 0.1) is 0 Å². The minimum atomic E-state index is -4.16. The highest BCUT2D eigenvalue weighted by Crippen LogP contribution is 2.29. The summed E-state index contributed by atoms with van der Waals surface area (Å²) in [5, 5.41) is 0. The van der Waals surface area contributed by atoms with E-state index in [1.807, 2.05) is 42.5 Å². The number of aromatic nitrogens is 3. The molecule has 0 aliphatic carbocycles. The molecule has 1 aromatic carbocycles. The maximum absolute atomic E-state index is 12.5. The highest BCUT2D eigenvalue weighted by Gasteiger charge is 2.35. The number of pyridine rings is 1. The van der Waals surface area contributed by atoms with Gasteiger partial charge in [-0.25, -0.2) is 4.98 Å². The van der Waals surface area contributed by atoms with E-state index in [1.54, 1.807) is 12.4 Å². The van der Waals surface area contributed by atoms with Gasteiger partial charge >= 0.3 is 6.18 Å². The fourth-order valence-corrected chi connectivity index (χ4v) is 3.48. The van der Waals surface area contributed by atoms with E-state index in [1.165, 1.54) is 4.90 Å². The molecule has 1 N–H and O–H groups in total. The normalized spacial score (nSPS) is 18.1. The first-order chi connectivity index (χ1) is 13.0. The lowest BCUT2D eigenvalue weighted by molar-refractivity contribution is -0.143. The lowest BCUT2D eigenvalue weighted by atomic mass is 10.1. The van der Waals surface area contributed by atoms with Crippen molar-refractivity contribution in [2.45, 2.75) is 18.5 Å². The van der Waals surface area contributed by atoms with Gasteiger partial charge in [0.2, 0.25) is 0 Å². The molecule has 0 spiro atoms. The molecular formula is C20H19F3N4. The van der Waals surface area contributed by atoms with E-state index in [4.69, 9.17) is 0 Å². The Morgan fingerprint density at radius 3 is 2.52 bits per heavy atom. The maximum atomic E-state index is 12.5. The van der Waals surface area contributed by atoms with Crippen molar-refractivity contribution in [2.75, 3.05) is 19.6 Å². The van der Waals surface area contributed by atoms with Crippen LogP contribution in [0.4, 0.5) is 13.2 Å². The van der Waals surface area contributed by atoms with E-state index in [0.29, 0.717) is 19.5 Å². The van der Waals surface area contributed by atoms with Crippen LogP contribution in [0.2, 0.25) is 0 Å². The average molecular weight is 372 g/mol. The number of hydrogen-bond donors (Lipinski definition) is 1. The third kappa shape index (κ3) is 4.19. The number of hydrogen-bond acceptors (Lipinski definition) is 3. The van der Waals surface area contributed by atoms with Crippen LogP contribution in [0.1, 0.15) is 18.2 Å². The highest BCUT2D eigenvalue weighted by atomic mass is 19.4. The Morgan fingerprint density at radius 2 is 1.81 bits per heavy atom. The Kier molecular flexibility index (Phi) is 4.70. The van der Waals surface area contributed by atoms with Crippen molar-refractivity contribution in [2.24, 2.45) is 0 Å². The molecule has 3 aromatic rings. The molecule has 3 heterocycles. The Morgan fingerprint density at radius 1 is 1.00 bits per heavy atom. The summed E-state index contributed by atoms with van der Waals surface area (Å²) < 4.78 is 37.6. The minimum absolute atomic E-state index is 0.00217. The van der Waals surface area contributed by atoms with Gasteiger partial charge in [0.05, 0.1) is 24.1 Å². The molecule has 0 radical (unpaired) electrons. The van der Waals surface area contributed by atoms with Gasteiger partial charge in [-0.1, -0.05) is 30.3 Å². The zero-order chi connectivity index (χ0) is 18.9. The first-order valence-electron chi connectivity index (χ1n) is 8.84. The van der Waals surface area contributed by atoms with Gasteiger partial charge in [-0.05, 0) is 25.1 Å². The smallest absolute Gasteiger partial charge is 0.342 e. The van der Waals surface area contributed by atoms with Crippen LogP contribution in [0.15, 0.2) is 54.9 Å². The van der Waals surface area contributed by atoms with Crippen LogP contribution in [0.25, 0.3) is 22.5 Å². The number of imidazole rings is 1. The molecule has 0 amide bonds. The van der Waals surface area contributed by atoms with Crippen LogP contribution in [0.5, 0.6) is 0 Å². The van der Waals surface area contributed by atoms with Crippen molar-refractivity contribution >= 4 is 0 Å². The molecule has 0 bridgehead atoms. The first-order valence-corrected chi connectivity index (χ1v) is 8.84. The molecular weight excluding hydrogens is 353 g/mol. The second kappa shape index (κ2) is 7.15. The predicted octanol–water partition coefficient (Wildman–Crippen LogP) is 4.49. The van der Waals surface area contributed by atoms with E-state index in [0.717, 1.165) is 28.3 Å². The second-order valence-corrected chi connectivity index (χ2v) is 6.82. The number of aromatic amines is 1. The average Bonchev–Trinajstić information content (AvgIpc) is 3.31. The summed E-state index contributed by atoms with van der Waals surface area (Å²) in [5.74, 6) is 0.736. The number of rotatable bonds is 4. The van der Waals surface area contributed by atoms with E-state index < -0.39 is 12.7 Å². The number of H-pyrrole nitrogens is 1. The maximum Gasteiger partial charge on any atom is 0.401 e. The molecule has 7 heteroatoms. The molecule has 4 rings (SSSR count). The van der Waals surface area contributed by atoms with E-state index in [2.05, 4.69) is 15.0 Å². The topological polar surface area (TPSA) is 44.8 Å². The molecule has 0 unspecified atom stereocenters. The van der Waals surface area contributed by atoms with Crippen molar-refractivity contribution in [3.8, 4) is 22.5 Å². The van der Waals surface area contributed by atoms with Gasteiger partial charge in [0.25, 0.3) is 0 Å². The number of nitrogens with zero attached hydrogens (tertiary/aromatic N) is 3. The van der Waals surface area contributed by atoms with Gasteiger partial charge in [0.1, 0.15) is 5.82 Å². The Hall–Kier alpha value is -2.67. The molecule has 1 fully saturated rings. The zero-order valence-corrected chi connectivity index (χ0v) is 14.6. The molecule has 27 heavy (non-hydrogen) atoms. The van der Waals surface area contributed by atoms with E-state index >= 15 is 0 Å². The highest BCUT2D eigenvalue weighted by molar-refractivity contribution is 5.64. The molecule has 140 valence electrons. The summed E-state index contributed by atoms with van der Waals surface area (Å²) >= 11 is 0. The third-order valence-electron chi connectivity index (χ3n) is 4.80. The summed E-state index contributed by atoms with van der Waals surface area (Å²) in [5.41, 5.74) is 3.66. The third-order valence-corrected chi connectivity index (χ3v) is 4.80. The molecule has 1 atom stereocenters. The summed E-state index contributed by atoms with van der Waals surface area (Å²) in [7, 11) is 0. The zero-order valence-electron chi connectivity index (χ0n) is 14.6. The number of nitrogens with one attached hydrogen (secondary N) is 1. The molecule has 1 aliphatic heterocycles. The van der Waals surface area contributed by atoms with Crippen LogP contribution in [-0.2, 0) is 0 Å². The predicted molar refractivity (Wildman–Crippen MR) is 97.1 cm³/mol. The quantitative estimate of drug-likeness (QED) is 0.734. The van der Waals surface area contributed by atoms with Gasteiger partial charge in [-0.2, -0.15) is 13.2 Å². The van der Waals surface area contributed by atoms with Gasteiger partial charge in [0.15, 0.2) is 0 Å². The van der Waals surface area contributed by atoms with Gasteiger partial charge < -0.3 is 4.98 Å². The van der Waals surface area contributed by atoms with Crippen molar-refractivity contribution in [1.82, 2.24) is 19.9 Å². The molecule has 0 saturated carbocycles. The number of halogens is 3. The van der Waals surface area contributed by atoms with Crippen LogP contribution in [0.3, 0.4) is 0 Å².